The molecule has 0 amide bonds. The Morgan fingerprint density at radius 1 is 1.56 bits per heavy atom. The van der Waals surface area contributed by atoms with E-state index in [1.54, 1.807) is 15.8 Å². The number of alkyl halides is 1. The Bertz CT molecular complexity index is 465. The van der Waals surface area contributed by atoms with Crippen LogP contribution in [0, 0.1) is 0 Å². The summed E-state index contributed by atoms with van der Waals surface area (Å²) in [6.07, 6.45) is 1.97. The van der Waals surface area contributed by atoms with Gasteiger partial charge in [-0.3, -0.25) is 0 Å². The summed E-state index contributed by atoms with van der Waals surface area (Å²) < 4.78 is 26.5. The lowest BCUT2D eigenvalue weighted by Gasteiger charge is -2.18. The van der Waals surface area contributed by atoms with Crippen molar-refractivity contribution in [2.24, 2.45) is 0 Å². The molecular weight excluding hydrogens is 266 g/mol. The molecule has 0 bridgehead atoms. The monoisotopic (exact) mass is 279 g/mol. The third-order valence-electron chi connectivity index (χ3n) is 2.61. The van der Waals surface area contributed by atoms with Gasteiger partial charge in [0.05, 0.1) is 0 Å². The van der Waals surface area contributed by atoms with Gasteiger partial charge >= 0.3 is 0 Å². The molecule has 16 heavy (non-hydrogen) atoms. The zero-order chi connectivity index (χ0) is 11.8. The van der Waals surface area contributed by atoms with E-state index in [9.17, 15) is 8.42 Å². The highest BCUT2D eigenvalue weighted by Gasteiger charge is 2.37. The third kappa shape index (κ3) is 2.27. The van der Waals surface area contributed by atoms with Crippen LogP contribution in [0.15, 0.2) is 15.7 Å². The molecule has 3 nitrogen and oxygen atoms in total. The Hall–Kier alpha value is -0.100. The van der Waals surface area contributed by atoms with Crippen molar-refractivity contribution in [3.05, 3.63) is 17.0 Å². The number of rotatable bonds is 5. The summed E-state index contributed by atoms with van der Waals surface area (Å²) in [5.41, 5.74) is 0.872. The minimum Gasteiger partial charge on any atom is -0.206 e. The lowest BCUT2D eigenvalue weighted by molar-refractivity contribution is 0.422. The summed E-state index contributed by atoms with van der Waals surface area (Å²) in [4.78, 5) is 0. The van der Waals surface area contributed by atoms with Crippen LogP contribution in [0.5, 0.6) is 0 Å². The van der Waals surface area contributed by atoms with Crippen molar-refractivity contribution in [3.63, 3.8) is 0 Å². The quantitative estimate of drug-likeness (QED) is 0.777. The molecule has 90 valence electrons. The zero-order valence-corrected chi connectivity index (χ0v) is 11.4. The zero-order valence-electron chi connectivity index (χ0n) is 9.02. The molecule has 1 fully saturated rings. The van der Waals surface area contributed by atoms with E-state index in [2.05, 4.69) is 0 Å². The first-order chi connectivity index (χ1) is 7.59. The van der Waals surface area contributed by atoms with Gasteiger partial charge in [0.1, 0.15) is 4.21 Å². The Labute approximate surface area is 105 Å². The van der Waals surface area contributed by atoms with Crippen LogP contribution < -0.4 is 0 Å². The fourth-order valence-corrected chi connectivity index (χ4v) is 4.94. The third-order valence-corrected chi connectivity index (χ3v) is 6.41. The Morgan fingerprint density at radius 3 is 2.69 bits per heavy atom. The maximum absolute atomic E-state index is 12.3. The summed E-state index contributed by atoms with van der Waals surface area (Å²) in [5, 5.41) is 1.81. The Balaban J connectivity index is 2.29. The predicted octanol–water partition coefficient (Wildman–Crippen LogP) is 2.66. The van der Waals surface area contributed by atoms with Crippen molar-refractivity contribution < 1.29 is 8.42 Å². The van der Waals surface area contributed by atoms with Crippen LogP contribution in [-0.4, -0.2) is 25.3 Å². The molecule has 0 atom stereocenters. The van der Waals surface area contributed by atoms with Crippen LogP contribution in [0.1, 0.15) is 25.3 Å². The van der Waals surface area contributed by atoms with Crippen LogP contribution in [0.25, 0.3) is 0 Å². The SMILES string of the molecule is CCN(C1CC1)S(=O)(=O)c1cc(CCl)cs1. The summed E-state index contributed by atoms with van der Waals surface area (Å²) in [6.45, 7) is 2.42. The van der Waals surface area contributed by atoms with Crippen LogP contribution in [-0.2, 0) is 15.9 Å². The second-order valence-electron chi connectivity index (χ2n) is 3.85. The first-order valence-corrected chi connectivity index (χ1v) is 8.10. The maximum Gasteiger partial charge on any atom is 0.252 e. The number of nitrogens with zero attached hydrogens (tertiary/aromatic N) is 1. The van der Waals surface area contributed by atoms with E-state index in [-0.39, 0.29) is 6.04 Å². The van der Waals surface area contributed by atoms with Crippen molar-refractivity contribution in [3.8, 4) is 0 Å². The fourth-order valence-electron chi connectivity index (χ4n) is 1.66. The number of hydrogen-bond donors (Lipinski definition) is 0. The Morgan fingerprint density at radius 2 is 2.25 bits per heavy atom. The second kappa shape index (κ2) is 4.64. The lowest BCUT2D eigenvalue weighted by atomic mass is 10.4. The van der Waals surface area contributed by atoms with Gasteiger partial charge in [0.25, 0.3) is 10.0 Å². The first kappa shape index (κ1) is 12.4. The molecule has 1 aromatic rings. The van der Waals surface area contributed by atoms with Crippen molar-refractivity contribution in [2.45, 2.75) is 35.9 Å². The Kier molecular flexibility index (Phi) is 3.59. The van der Waals surface area contributed by atoms with E-state index in [0.29, 0.717) is 16.6 Å². The first-order valence-electron chi connectivity index (χ1n) is 5.24. The number of hydrogen-bond acceptors (Lipinski definition) is 3. The highest BCUT2D eigenvalue weighted by molar-refractivity contribution is 7.91. The van der Waals surface area contributed by atoms with E-state index in [0.717, 1.165) is 18.4 Å². The predicted molar refractivity (Wildman–Crippen MR) is 66.5 cm³/mol. The van der Waals surface area contributed by atoms with Gasteiger partial charge in [-0.2, -0.15) is 4.31 Å². The lowest BCUT2D eigenvalue weighted by Crippen LogP contribution is -2.32. The molecule has 1 saturated carbocycles. The summed E-state index contributed by atoms with van der Waals surface area (Å²) in [5.74, 6) is 0.363. The summed E-state index contributed by atoms with van der Waals surface area (Å²) in [6, 6.07) is 1.90. The van der Waals surface area contributed by atoms with Gasteiger partial charge in [-0.05, 0) is 29.9 Å². The molecule has 6 heteroatoms. The molecule has 0 N–H and O–H groups in total. The summed E-state index contributed by atoms with van der Waals surface area (Å²) >= 11 is 6.93. The average Bonchev–Trinajstić information content (AvgIpc) is 2.95. The van der Waals surface area contributed by atoms with Crippen molar-refractivity contribution in [1.82, 2.24) is 4.31 Å². The van der Waals surface area contributed by atoms with Crippen molar-refractivity contribution in [1.29, 1.82) is 0 Å². The molecule has 0 aromatic carbocycles. The van der Waals surface area contributed by atoms with Gasteiger partial charge in [-0.25, -0.2) is 8.42 Å². The minimum atomic E-state index is -3.28. The molecule has 1 aromatic heterocycles. The maximum atomic E-state index is 12.3. The van der Waals surface area contributed by atoms with Crippen LogP contribution in [0.2, 0.25) is 0 Å². The highest BCUT2D eigenvalue weighted by Crippen LogP contribution is 2.33. The molecule has 0 aliphatic heterocycles. The van der Waals surface area contributed by atoms with Gasteiger partial charge in [0.15, 0.2) is 0 Å². The van der Waals surface area contributed by atoms with Gasteiger partial charge in [-0.1, -0.05) is 6.92 Å². The molecule has 0 saturated heterocycles. The average molecular weight is 280 g/mol. The van der Waals surface area contributed by atoms with Gasteiger partial charge in [0, 0.05) is 18.5 Å². The van der Waals surface area contributed by atoms with Crippen LogP contribution >= 0.6 is 22.9 Å². The minimum absolute atomic E-state index is 0.219. The molecule has 1 heterocycles. The molecule has 0 unspecified atom stereocenters. The topological polar surface area (TPSA) is 37.4 Å². The molecule has 2 rings (SSSR count). The van der Waals surface area contributed by atoms with Gasteiger partial charge < -0.3 is 0 Å². The van der Waals surface area contributed by atoms with Gasteiger partial charge in [-0.15, -0.1) is 22.9 Å². The molecule has 0 spiro atoms. The van der Waals surface area contributed by atoms with Crippen LogP contribution in [0.3, 0.4) is 0 Å². The fraction of sp³-hybridized carbons (Fsp3) is 0.600. The molecular formula is C10H14ClNO2S2. The second-order valence-corrected chi connectivity index (χ2v) is 7.14. The molecule has 1 aliphatic carbocycles. The van der Waals surface area contributed by atoms with E-state index in [1.807, 2.05) is 6.92 Å². The molecule has 1 aliphatic rings. The number of halogens is 1. The highest BCUT2D eigenvalue weighted by atomic mass is 35.5. The van der Waals surface area contributed by atoms with Crippen molar-refractivity contribution in [2.75, 3.05) is 6.54 Å². The summed E-state index contributed by atoms with van der Waals surface area (Å²) in [7, 11) is -3.28. The van der Waals surface area contributed by atoms with E-state index >= 15 is 0 Å². The van der Waals surface area contributed by atoms with Crippen LogP contribution in [0.4, 0.5) is 0 Å². The van der Waals surface area contributed by atoms with E-state index in [4.69, 9.17) is 11.6 Å². The number of sulfonamides is 1. The number of thiophene rings is 1. The van der Waals surface area contributed by atoms with Gasteiger partial charge in [0.2, 0.25) is 0 Å². The van der Waals surface area contributed by atoms with E-state index < -0.39 is 10.0 Å². The largest absolute Gasteiger partial charge is 0.252 e. The smallest absolute Gasteiger partial charge is 0.206 e. The normalized spacial score (nSPS) is 16.9. The van der Waals surface area contributed by atoms with E-state index in [1.165, 1.54) is 11.3 Å². The van der Waals surface area contributed by atoms with Crippen molar-refractivity contribution >= 4 is 33.0 Å². The standard InChI is InChI=1S/C10H14ClNO2S2/c1-2-12(9-3-4-9)16(13,14)10-5-8(6-11)7-15-10/h5,7,9H,2-4,6H2,1H3. The molecule has 0 radical (unpaired) electrons.